The molecule has 0 aliphatic carbocycles. The van der Waals surface area contributed by atoms with Crippen molar-refractivity contribution < 1.29 is 19.3 Å². The SMILES string of the molecule is C[C@]1(c2ccccc2Cl)NC(=O)N(CC(=O)Nc2cc([N+](=O)[O-])ccc2Cl)C1=O. The number of nitrogens with zero attached hydrogens (tertiary/aromatic N) is 2. The number of amides is 4. The molecule has 0 unspecified atom stereocenters. The molecule has 0 bridgehead atoms. The Morgan fingerprint density at radius 2 is 1.90 bits per heavy atom. The standard InChI is InChI=1S/C18H14Cl2N4O5/c1-18(11-4-2-3-5-12(11)19)16(26)23(17(27)22-18)9-15(25)21-14-8-10(24(28)29)6-7-13(14)20/h2-8H,9H2,1H3,(H,21,25)(H,22,27)/t18-/m1/s1. The number of imide groups is 1. The first-order valence-corrected chi connectivity index (χ1v) is 9.02. The van der Waals surface area contributed by atoms with E-state index in [9.17, 15) is 24.5 Å². The van der Waals surface area contributed by atoms with Gasteiger partial charge in [0.05, 0.1) is 15.6 Å². The van der Waals surface area contributed by atoms with Crippen molar-refractivity contribution >= 4 is 52.4 Å². The summed E-state index contributed by atoms with van der Waals surface area (Å²) >= 11 is 12.1. The molecule has 29 heavy (non-hydrogen) atoms. The molecule has 0 aromatic heterocycles. The van der Waals surface area contributed by atoms with E-state index in [2.05, 4.69) is 10.6 Å². The monoisotopic (exact) mass is 436 g/mol. The maximum Gasteiger partial charge on any atom is 0.325 e. The number of carbonyl (C=O) groups excluding carboxylic acids is 3. The Morgan fingerprint density at radius 1 is 1.21 bits per heavy atom. The van der Waals surface area contributed by atoms with Crippen LogP contribution in [0, 0.1) is 10.1 Å². The third kappa shape index (κ3) is 3.87. The van der Waals surface area contributed by atoms with Gasteiger partial charge in [0.15, 0.2) is 0 Å². The van der Waals surface area contributed by atoms with E-state index in [1.165, 1.54) is 19.1 Å². The Labute approximate surface area is 174 Å². The number of hydrogen-bond donors (Lipinski definition) is 2. The van der Waals surface area contributed by atoms with Gasteiger partial charge in [0, 0.05) is 22.7 Å². The number of nitro groups is 1. The van der Waals surface area contributed by atoms with Crippen LogP contribution in [0.4, 0.5) is 16.2 Å². The highest BCUT2D eigenvalue weighted by Gasteiger charge is 2.50. The van der Waals surface area contributed by atoms with Gasteiger partial charge < -0.3 is 10.6 Å². The van der Waals surface area contributed by atoms with Crippen molar-refractivity contribution in [2.24, 2.45) is 0 Å². The van der Waals surface area contributed by atoms with E-state index < -0.39 is 34.9 Å². The molecule has 1 heterocycles. The zero-order valence-electron chi connectivity index (χ0n) is 14.9. The fourth-order valence-electron chi connectivity index (χ4n) is 2.95. The van der Waals surface area contributed by atoms with Crippen LogP contribution in [-0.4, -0.2) is 34.2 Å². The lowest BCUT2D eigenvalue weighted by Crippen LogP contribution is -2.42. The highest BCUT2D eigenvalue weighted by Crippen LogP contribution is 2.33. The minimum absolute atomic E-state index is 0.00761. The molecule has 0 radical (unpaired) electrons. The molecule has 1 fully saturated rings. The smallest absolute Gasteiger partial charge is 0.323 e. The summed E-state index contributed by atoms with van der Waals surface area (Å²) in [5.74, 6) is -1.41. The van der Waals surface area contributed by atoms with E-state index in [0.717, 1.165) is 11.0 Å². The quantitative estimate of drug-likeness (QED) is 0.422. The molecule has 0 spiro atoms. The number of anilines is 1. The minimum atomic E-state index is -1.43. The van der Waals surface area contributed by atoms with E-state index in [1.54, 1.807) is 24.3 Å². The number of hydrogen-bond acceptors (Lipinski definition) is 5. The number of halogens is 2. The normalized spacial score (nSPS) is 18.5. The van der Waals surface area contributed by atoms with E-state index in [0.29, 0.717) is 10.6 Å². The number of benzene rings is 2. The Morgan fingerprint density at radius 3 is 2.55 bits per heavy atom. The summed E-state index contributed by atoms with van der Waals surface area (Å²) in [7, 11) is 0. The first-order chi connectivity index (χ1) is 13.6. The van der Waals surface area contributed by atoms with E-state index >= 15 is 0 Å². The van der Waals surface area contributed by atoms with Crippen molar-refractivity contribution in [2.45, 2.75) is 12.5 Å². The van der Waals surface area contributed by atoms with Gasteiger partial charge in [-0.25, -0.2) is 4.79 Å². The van der Waals surface area contributed by atoms with Crippen LogP contribution in [0.3, 0.4) is 0 Å². The molecule has 3 rings (SSSR count). The summed E-state index contributed by atoms with van der Waals surface area (Å²) in [6.07, 6.45) is 0. The summed E-state index contributed by atoms with van der Waals surface area (Å²) < 4.78 is 0. The first-order valence-electron chi connectivity index (χ1n) is 8.26. The molecule has 4 amide bonds. The maximum absolute atomic E-state index is 12.9. The number of nitrogens with one attached hydrogen (secondary N) is 2. The van der Waals surface area contributed by atoms with Crippen molar-refractivity contribution in [3.8, 4) is 0 Å². The molecule has 1 aliphatic rings. The second kappa shape index (κ2) is 7.69. The lowest BCUT2D eigenvalue weighted by molar-refractivity contribution is -0.384. The summed E-state index contributed by atoms with van der Waals surface area (Å²) in [6, 6.07) is 9.31. The fourth-order valence-corrected chi connectivity index (χ4v) is 3.44. The largest absolute Gasteiger partial charge is 0.325 e. The van der Waals surface area contributed by atoms with Gasteiger partial charge in [0.2, 0.25) is 5.91 Å². The molecule has 2 N–H and O–H groups in total. The average molecular weight is 437 g/mol. The van der Waals surface area contributed by atoms with Crippen molar-refractivity contribution in [1.29, 1.82) is 0 Å². The summed E-state index contributed by atoms with van der Waals surface area (Å²) in [6.45, 7) is 0.882. The van der Waals surface area contributed by atoms with Crippen molar-refractivity contribution in [3.63, 3.8) is 0 Å². The van der Waals surface area contributed by atoms with Gasteiger partial charge >= 0.3 is 6.03 Å². The van der Waals surface area contributed by atoms with E-state index in [1.807, 2.05) is 0 Å². The molecule has 9 nitrogen and oxygen atoms in total. The predicted molar refractivity (Wildman–Crippen MR) is 106 cm³/mol. The van der Waals surface area contributed by atoms with Gasteiger partial charge in [-0.15, -0.1) is 0 Å². The lowest BCUT2D eigenvalue weighted by atomic mass is 9.92. The molecular weight excluding hydrogens is 423 g/mol. The lowest BCUT2D eigenvalue weighted by Gasteiger charge is -2.23. The summed E-state index contributed by atoms with van der Waals surface area (Å²) in [5, 5.41) is 16.2. The minimum Gasteiger partial charge on any atom is -0.323 e. The van der Waals surface area contributed by atoms with Crippen LogP contribution in [0.1, 0.15) is 12.5 Å². The summed E-state index contributed by atoms with van der Waals surface area (Å²) in [4.78, 5) is 48.6. The molecule has 1 saturated heterocycles. The van der Waals surface area contributed by atoms with Crippen LogP contribution in [0.2, 0.25) is 10.0 Å². The van der Waals surface area contributed by atoms with Crippen molar-refractivity contribution in [2.75, 3.05) is 11.9 Å². The van der Waals surface area contributed by atoms with Crippen LogP contribution in [0.5, 0.6) is 0 Å². The van der Waals surface area contributed by atoms with Crippen molar-refractivity contribution in [3.05, 3.63) is 68.2 Å². The molecule has 150 valence electrons. The first kappa shape index (κ1) is 20.6. The number of rotatable bonds is 5. The van der Waals surface area contributed by atoms with E-state index in [-0.39, 0.29) is 16.4 Å². The van der Waals surface area contributed by atoms with Crippen molar-refractivity contribution in [1.82, 2.24) is 10.2 Å². The van der Waals surface area contributed by atoms with Gasteiger partial charge in [0.1, 0.15) is 12.1 Å². The second-order valence-electron chi connectivity index (χ2n) is 6.40. The number of urea groups is 1. The Balaban J connectivity index is 1.79. The van der Waals surface area contributed by atoms with Crippen LogP contribution in [0.15, 0.2) is 42.5 Å². The summed E-state index contributed by atoms with van der Waals surface area (Å²) in [5.41, 5.74) is -1.32. The predicted octanol–water partition coefficient (Wildman–Crippen LogP) is 3.31. The topological polar surface area (TPSA) is 122 Å². The van der Waals surface area contributed by atoms with Gasteiger partial charge in [0.25, 0.3) is 11.6 Å². The zero-order chi connectivity index (χ0) is 21.3. The average Bonchev–Trinajstić information content (AvgIpc) is 2.87. The molecule has 0 saturated carbocycles. The molecule has 2 aromatic carbocycles. The Bertz CT molecular complexity index is 1040. The number of carbonyl (C=O) groups is 3. The Kier molecular flexibility index (Phi) is 5.45. The van der Waals surface area contributed by atoms with Crippen LogP contribution in [0.25, 0.3) is 0 Å². The van der Waals surface area contributed by atoms with Crippen LogP contribution < -0.4 is 10.6 Å². The van der Waals surface area contributed by atoms with Crippen LogP contribution in [-0.2, 0) is 15.1 Å². The Hall–Kier alpha value is -3.17. The van der Waals surface area contributed by atoms with Crippen LogP contribution >= 0.6 is 23.2 Å². The fraction of sp³-hybridized carbons (Fsp3) is 0.167. The molecule has 1 atom stereocenters. The highest BCUT2D eigenvalue weighted by molar-refractivity contribution is 6.34. The number of nitro benzene ring substituents is 1. The molecule has 2 aromatic rings. The highest BCUT2D eigenvalue weighted by atomic mass is 35.5. The molecule has 1 aliphatic heterocycles. The maximum atomic E-state index is 12.9. The second-order valence-corrected chi connectivity index (χ2v) is 7.21. The molecule has 11 heteroatoms. The van der Waals surface area contributed by atoms with Gasteiger partial charge in [-0.1, -0.05) is 41.4 Å². The van der Waals surface area contributed by atoms with E-state index in [4.69, 9.17) is 23.2 Å². The van der Waals surface area contributed by atoms with Gasteiger partial charge in [-0.3, -0.25) is 24.6 Å². The third-order valence-electron chi connectivity index (χ3n) is 4.42. The zero-order valence-corrected chi connectivity index (χ0v) is 16.5. The molecular formula is C18H14Cl2N4O5. The van der Waals surface area contributed by atoms with Gasteiger partial charge in [-0.2, -0.15) is 0 Å². The number of non-ortho nitro benzene ring substituents is 1. The van der Waals surface area contributed by atoms with Gasteiger partial charge in [-0.05, 0) is 19.1 Å². The third-order valence-corrected chi connectivity index (χ3v) is 5.08.